The molecule has 1 radical (unpaired) electrons. The van der Waals surface area contributed by atoms with Gasteiger partial charge >= 0.3 is 0 Å². The largest absolute Gasteiger partial charge is 0.281 e. The second-order valence-corrected chi connectivity index (χ2v) is 1.56. The van der Waals surface area contributed by atoms with Gasteiger partial charge in [0.25, 0.3) is 0 Å². The molecule has 0 fully saturated rings. The SMILES string of the molecule is C=CC1=CC=CC[N]1. The summed E-state index contributed by atoms with van der Waals surface area (Å²) in [6, 6.07) is 0. The Bertz CT molecular complexity index is 142. The first-order valence-corrected chi connectivity index (χ1v) is 2.60. The van der Waals surface area contributed by atoms with Crippen molar-refractivity contribution in [2.24, 2.45) is 0 Å². The molecule has 8 heavy (non-hydrogen) atoms. The topological polar surface area (TPSA) is 14.1 Å². The van der Waals surface area contributed by atoms with Gasteiger partial charge in [-0.1, -0.05) is 18.7 Å². The molecule has 1 heteroatoms. The Morgan fingerprint density at radius 2 is 2.62 bits per heavy atom. The predicted octanol–water partition coefficient (Wildman–Crippen LogP) is 1.23. The minimum atomic E-state index is 0.803. The van der Waals surface area contributed by atoms with Gasteiger partial charge in [0.1, 0.15) is 0 Å². The van der Waals surface area contributed by atoms with E-state index >= 15 is 0 Å². The summed E-state index contributed by atoms with van der Waals surface area (Å²) in [5.74, 6) is 0. The zero-order chi connectivity index (χ0) is 5.82. The van der Waals surface area contributed by atoms with E-state index in [4.69, 9.17) is 0 Å². The predicted molar refractivity (Wildman–Crippen MR) is 34.4 cm³/mol. The first-order valence-electron chi connectivity index (χ1n) is 2.60. The lowest BCUT2D eigenvalue weighted by Gasteiger charge is -2.01. The molecule has 1 heterocycles. The van der Waals surface area contributed by atoms with E-state index in [1.807, 2.05) is 18.2 Å². The van der Waals surface area contributed by atoms with Crippen LogP contribution in [0.25, 0.3) is 0 Å². The zero-order valence-corrected chi connectivity index (χ0v) is 4.67. The number of nitrogens with zero attached hydrogens (tertiary/aromatic N) is 1. The van der Waals surface area contributed by atoms with Crippen LogP contribution in [0.1, 0.15) is 0 Å². The molecule has 0 unspecified atom stereocenters. The van der Waals surface area contributed by atoms with Crippen molar-refractivity contribution in [1.82, 2.24) is 5.32 Å². The van der Waals surface area contributed by atoms with E-state index in [1.54, 1.807) is 6.08 Å². The van der Waals surface area contributed by atoms with Crippen LogP contribution in [0.3, 0.4) is 0 Å². The molecule has 0 bridgehead atoms. The Labute approximate surface area is 49.4 Å². The zero-order valence-electron chi connectivity index (χ0n) is 4.67. The Morgan fingerprint density at radius 3 is 3.00 bits per heavy atom. The minimum Gasteiger partial charge on any atom is -0.281 e. The minimum absolute atomic E-state index is 0.803. The molecule has 1 rings (SSSR count). The molecule has 41 valence electrons. The third-order valence-corrected chi connectivity index (χ3v) is 0.991. The Morgan fingerprint density at radius 1 is 1.75 bits per heavy atom. The van der Waals surface area contributed by atoms with E-state index in [-0.39, 0.29) is 0 Å². The van der Waals surface area contributed by atoms with Crippen molar-refractivity contribution in [3.63, 3.8) is 0 Å². The van der Waals surface area contributed by atoms with E-state index in [1.165, 1.54) is 0 Å². The summed E-state index contributed by atoms with van der Waals surface area (Å²) in [6.07, 6.45) is 7.69. The maximum atomic E-state index is 4.10. The highest BCUT2D eigenvalue weighted by molar-refractivity contribution is 5.23. The van der Waals surface area contributed by atoms with Gasteiger partial charge in [0.15, 0.2) is 0 Å². The quantitative estimate of drug-likeness (QED) is 0.477. The molecule has 0 aliphatic carbocycles. The highest BCUT2D eigenvalue weighted by atomic mass is 14.9. The van der Waals surface area contributed by atoms with E-state index in [0.717, 1.165) is 12.2 Å². The molecule has 1 aliphatic rings. The summed E-state index contributed by atoms with van der Waals surface area (Å²) >= 11 is 0. The molecule has 0 saturated heterocycles. The fourth-order valence-electron chi connectivity index (χ4n) is 0.571. The highest BCUT2D eigenvalue weighted by Crippen LogP contribution is 1.97. The summed E-state index contributed by atoms with van der Waals surface area (Å²) < 4.78 is 0. The van der Waals surface area contributed by atoms with Crippen molar-refractivity contribution < 1.29 is 0 Å². The number of hydrogen-bond donors (Lipinski definition) is 0. The van der Waals surface area contributed by atoms with Crippen LogP contribution < -0.4 is 5.32 Å². The van der Waals surface area contributed by atoms with Crippen LogP contribution >= 0.6 is 0 Å². The number of allylic oxidation sites excluding steroid dienone is 3. The Hall–Kier alpha value is -0.980. The smallest absolute Gasteiger partial charge is 0.0580 e. The normalized spacial score (nSPS) is 16.8. The molecular formula is C7H8N. The monoisotopic (exact) mass is 106 g/mol. The van der Waals surface area contributed by atoms with E-state index in [0.29, 0.717) is 0 Å². The third-order valence-electron chi connectivity index (χ3n) is 0.991. The van der Waals surface area contributed by atoms with Crippen LogP contribution in [0.5, 0.6) is 0 Å². The van der Waals surface area contributed by atoms with Gasteiger partial charge < -0.3 is 0 Å². The van der Waals surface area contributed by atoms with Gasteiger partial charge in [-0.2, -0.15) is 0 Å². The maximum Gasteiger partial charge on any atom is 0.0580 e. The van der Waals surface area contributed by atoms with E-state index < -0.39 is 0 Å². The number of rotatable bonds is 1. The second kappa shape index (κ2) is 2.36. The van der Waals surface area contributed by atoms with Gasteiger partial charge in [-0.15, -0.1) is 0 Å². The van der Waals surface area contributed by atoms with Gasteiger partial charge in [-0.3, -0.25) is 5.32 Å². The van der Waals surface area contributed by atoms with Crippen LogP contribution in [0.2, 0.25) is 0 Å². The summed E-state index contributed by atoms with van der Waals surface area (Å²) in [5.41, 5.74) is 0.979. The summed E-state index contributed by atoms with van der Waals surface area (Å²) in [5, 5.41) is 4.10. The fraction of sp³-hybridized carbons (Fsp3) is 0.143. The molecule has 0 saturated carbocycles. The lowest BCUT2D eigenvalue weighted by atomic mass is 10.3. The molecule has 0 amide bonds. The van der Waals surface area contributed by atoms with Crippen LogP contribution in [0, 0.1) is 0 Å². The van der Waals surface area contributed by atoms with Crippen molar-refractivity contribution in [3.8, 4) is 0 Å². The van der Waals surface area contributed by atoms with Gasteiger partial charge in [0.05, 0.1) is 12.2 Å². The van der Waals surface area contributed by atoms with Gasteiger partial charge in [-0.05, 0) is 12.2 Å². The van der Waals surface area contributed by atoms with Gasteiger partial charge in [-0.25, -0.2) is 0 Å². The standard InChI is InChI=1S/C7H8N/c1-2-7-5-3-4-6-8-7/h2-5H,1,6H2. The van der Waals surface area contributed by atoms with E-state index in [9.17, 15) is 0 Å². The molecule has 0 aromatic carbocycles. The van der Waals surface area contributed by atoms with Gasteiger partial charge in [0, 0.05) is 0 Å². The summed E-state index contributed by atoms with van der Waals surface area (Å²) in [6.45, 7) is 4.39. The molecule has 0 N–H and O–H groups in total. The van der Waals surface area contributed by atoms with Crippen LogP contribution in [-0.4, -0.2) is 6.54 Å². The number of hydrogen-bond acceptors (Lipinski definition) is 0. The molecule has 0 atom stereocenters. The molecular weight excluding hydrogens is 98.1 g/mol. The molecule has 0 aromatic rings. The van der Waals surface area contributed by atoms with E-state index in [2.05, 4.69) is 11.9 Å². The van der Waals surface area contributed by atoms with Crippen molar-refractivity contribution in [3.05, 3.63) is 36.6 Å². The maximum absolute atomic E-state index is 4.10. The second-order valence-electron chi connectivity index (χ2n) is 1.56. The third kappa shape index (κ3) is 0.997. The Balaban J connectivity index is 2.63. The van der Waals surface area contributed by atoms with Crippen molar-refractivity contribution in [1.29, 1.82) is 0 Å². The molecule has 0 spiro atoms. The first kappa shape index (κ1) is 5.16. The highest BCUT2D eigenvalue weighted by Gasteiger charge is 1.90. The first-order chi connectivity index (χ1) is 3.93. The summed E-state index contributed by atoms with van der Waals surface area (Å²) in [4.78, 5) is 0. The average molecular weight is 106 g/mol. The van der Waals surface area contributed by atoms with Crippen LogP contribution in [0.15, 0.2) is 36.6 Å². The van der Waals surface area contributed by atoms with Gasteiger partial charge in [0.2, 0.25) is 0 Å². The fourth-order valence-corrected chi connectivity index (χ4v) is 0.571. The van der Waals surface area contributed by atoms with Crippen LogP contribution in [0.4, 0.5) is 0 Å². The summed E-state index contributed by atoms with van der Waals surface area (Å²) in [7, 11) is 0. The van der Waals surface area contributed by atoms with Crippen molar-refractivity contribution in [2.45, 2.75) is 0 Å². The lowest BCUT2D eigenvalue weighted by molar-refractivity contribution is 0.903. The van der Waals surface area contributed by atoms with Crippen molar-refractivity contribution >= 4 is 0 Å². The average Bonchev–Trinajstić information content (AvgIpc) is 1.90. The van der Waals surface area contributed by atoms with Crippen molar-refractivity contribution in [2.75, 3.05) is 6.54 Å². The Kier molecular flexibility index (Phi) is 1.52. The molecule has 1 nitrogen and oxygen atoms in total. The lowest BCUT2D eigenvalue weighted by Crippen LogP contribution is -2.04. The molecule has 0 aromatic heterocycles. The van der Waals surface area contributed by atoms with Crippen LogP contribution in [-0.2, 0) is 0 Å². The molecule has 1 aliphatic heterocycles.